The second-order valence-corrected chi connectivity index (χ2v) is 10.9. The van der Waals surface area contributed by atoms with Crippen LogP contribution in [0.4, 0.5) is 15.6 Å². The molecule has 0 aliphatic rings. The third-order valence-electron chi connectivity index (χ3n) is 6.12. The van der Waals surface area contributed by atoms with Gasteiger partial charge in [0.1, 0.15) is 11.0 Å². The number of nitrogens with one attached hydrogen (secondary N) is 3. The summed E-state index contributed by atoms with van der Waals surface area (Å²) in [7, 11) is 0. The van der Waals surface area contributed by atoms with Gasteiger partial charge in [-0.2, -0.15) is 0 Å². The van der Waals surface area contributed by atoms with Crippen molar-refractivity contribution in [2.24, 2.45) is 5.92 Å². The number of urea groups is 1. The molecule has 1 aromatic heterocycles. The number of carbonyl (C=O) groups is 2. The van der Waals surface area contributed by atoms with E-state index in [4.69, 9.17) is 11.6 Å². The number of hydrogen-bond donors (Lipinski definition) is 3. The van der Waals surface area contributed by atoms with Crippen LogP contribution in [-0.2, 0) is 4.79 Å². The molecule has 0 radical (unpaired) electrons. The molecule has 3 aromatic rings. The second kappa shape index (κ2) is 12.3. The number of benzene rings is 2. The fourth-order valence-corrected chi connectivity index (χ4v) is 4.82. The monoisotopic (exact) mass is 527 g/mol. The van der Waals surface area contributed by atoms with E-state index in [0.29, 0.717) is 21.6 Å². The molecule has 36 heavy (non-hydrogen) atoms. The van der Waals surface area contributed by atoms with Gasteiger partial charge in [-0.15, -0.1) is 10.2 Å². The Morgan fingerprint density at radius 2 is 1.58 bits per heavy atom. The van der Waals surface area contributed by atoms with Crippen molar-refractivity contribution in [1.82, 2.24) is 15.5 Å². The largest absolute Gasteiger partial charge is 0.326 e. The zero-order valence-electron chi connectivity index (χ0n) is 21.6. The van der Waals surface area contributed by atoms with Crippen LogP contribution in [0.1, 0.15) is 70.9 Å². The number of rotatable bonds is 9. The standard InChI is InChI=1S/C27H34ClN5O2S/c1-7-17(6)22(24(34)31-27-33-32-25(36-27)18-10-8-11-19(28)14-18)29-26(35)30-23-20(15(2)3)12-9-13-21(23)16(4)5/h8-17,22H,7H2,1-6H3,(H2,29,30,35)(H,31,33,34). The number of nitrogens with zero attached hydrogens (tertiary/aromatic N) is 2. The van der Waals surface area contributed by atoms with E-state index in [1.54, 1.807) is 12.1 Å². The fourth-order valence-electron chi connectivity index (χ4n) is 3.88. The van der Waals surface area contributed by atoms with Gasteiger partial charge in [0.25, 0.3) is 0 Å². The normalized spacial score (nSPS) is 12.9. The van der Waals surface area contributed by atoms with E-state index in [0.717, 1.165) is 22.4 Å². The van der Waals surface area contributed by atoms with Crippen molar-refractivity contribution in [1.29, 1.82) is 0 Å². The second-order valence-electron chi connectivity index (χ2n) is 9.49. The third-order valence-corrected chi connectivity index (χ3v) is 7.24. The lowest BCUT2D eigenvalue weighted by Crippen LogP contribution is -2.49. The molecule has 2 aromatic carbocycles. The van der Waals surface area contributed by atoms with E-state index in [1.807, 2.05) is 44.2 Å². The van der Waals surface area contributed by atoms with Gasteiger partial charge in [0.05, 0.1) is 0 Å². The summed E-state index contributed by atoms with van der Waals surface area (Å²) < 4.78 is 0. The molecule has 3 rings (SSSR count). The molecule has 0 aliphatic carbocycles. The summed E-state index contributed by atoms with van der Waals surface area (Å²) >= 11 is 7.33. The topological polar surface area (TPSA) is 96.0 Å². The van der Waals surface area contributed by atoms with Crippen LogP contribution in [0.25, 0.3) is 10.6 Å². The molecular formula is C27H34ClN5O2S. The molecule has 192 valence electrons. The Labute approximate surface area is 222 Å². The first-order chi connectivity index (χ1) is 17.1. The molecule has 1 heterocycles. The summed E-state index contributed by atoms with van der Waals surface area (Å²) in [6, 6.07) is 12.2. The van der Waals surface area contributed by atoms with Crippen LogP contribution in [0.3, 0.4) is 0 Å². The lowest BCUT2D eigenvalue weighted by atomic mass is 9.92. The van der Waals surface area contributed by atoms with Crippen molar-refractivity contribution in [2.75, 3.05) is 10.6 Å². The molecule has 0 saturated carbocycles. The van der Waals surface area contributed by atoms with Crippen molar-refractivity contribution in [3.63, 3.8) is 0 Å². The highest BCUT2D eigenvalue weighted by atomic mass is 35.5. The minimum absolute atomic E-state index is 0.0963. The molecule has 9 heteroatoms. The summed E-state index contributed by atoms with van der Waals surface area (Å²) in [5, 5.41) is 18.6. The molecule has 0 spiro atoms. The Hall–Kier alpha value is -2.97. The fraction of sp³-hybridized carbons (Fsp3) is 0.407. The predicted octanol–water partition coefficient (Wildman–Crippen LogP) is 7.28. The van der Waals surface area contributed by atoms with Crippen molar-refractivity contribution in [2.45, 2.75) is 65.8 Å². The number of carbonyl (C=O) groups excluding carboxylic acids is 2. The highest BCUT2D eigenvalue weighted by Gasteiger charge is 2.28. The van der Waals surface area contributed by atoms with E-state index in [9.17, 15) is 9.59 Å². The average Bonchev–Trinajstić information content (AvgIpc) is 3.30. The van der Waals surface area contributed by atoms with E-state index in [-0.39, 0.29) is 23.7 Å². The predicted molar refractivity (Wildman–Crippen MR) is 149 cm³/mol. The van der Waals surface area contributed by atoms with Gasteiger partial charge >= 0.3 is 6.03 Å². The summed E-state index contributed by atoms with van der Waals surface area (Å²) in [6.07, 6.45) is 0.710. The number of para-hydroxylation sites is 1. The number of hydrogen-bond acceptors (Lipinski definition) is 5. The minimum atomic E-state index is -0.748. The Morgan fingerprint density at radius 3 is 2.17 bits per heavy atom. The quantitative estimate of drug-likeness (QED) is 0.272. The molecular weight excluding hydrogens is 494 g/mol. The lowest BCUT2D eigenvalue weighted by Gasteiger charge is -2.25. The van der Waals surface area contributed by atoms with Gasteiger partial charge in [-0.1, -0.05) is 101 Å². The van der Waals surface area contributed by atoms with Crippen molar-refractivity contribution in [3.05, 3.63) is 58.6 Å². The maximum atomic E-state index is 13.2. The van der Waals surface area contributed by atoms with Crippen molar-refractivity contribution in [3.8, 4) is 10.6 Å². The Kier molecular flexibility index (Phi) is 9.45. The molecule has 3 amide bonds. The van der Waals surface area contributed by atoms with Crippen LogP contribution >= 0.6 is 22.9 Å². The van der Waals surface area contributed by atoms with Gasteiger partial charge in [-0.3, -0.25) is 10.1 Å². The minimum Gasteiger partial charge on any atom is -0.326 e. The average molecular weight is 528 g/mol. The van der Waals surface area contributed by atoms with Crippen LogP contribution in [-0.4, -0.2) is 28.2 Å². The summed E-state index contributed by atoms with van der Waals surface area (Å²) in [5.41, 5.74) is 3.74. The molecule has 0 bridgehead atoms. The maximum Gasteiger partial charge on any atom is 0.319 e. The van der Waals surface area contributed by atoms with Gasteiger partial charge in [0, 0.05) is 16.3 Å². The van der Waals surface area contributed by atoms with Gasteiger partial charge in [0.15, 0.2) is 0 Å². The van der Waals surface area contributed by atoms with Crippen molar-refractivity contribution >= 4 is 45.7 Å². The van der Waals surface area contributed by atoms with Crippen LogP contribution in [0, 0.1) is 5.92 Å². The molecule has 0 fully saturated rings. The van der Waals surface area contributed by atoms with Crippen LogP contribution < -0.4 is 16.0 Å². The maximum absolute atomic E-state index is 13.2. The zero-order valence-corrected chi connectivity index (χ0v) is 23.1. The van der Waals surface area contributed by atoms with Crippen LogP contribution in [0.2, 0.25) is 5.02 Å². The highest BCUT2D eigenvalue weighted by Crippen LogP contribution is 2.32. The Balaban J connectivity index is 1.76. The number of amides is 3. The first kappa shape index (κ1) is 27.6. The molecule has 0 aliphatic heterocycles. The van der Waals surface area contributed by atoms with E-state index in [2.05, 4.69) is 53.8 Å². The van der Waals surface area contributed by atoms with Crippen molar-refractivity contribution < 1.29 is 9.59 Å². The first-order valence-corrected chi connectivity index (χ1v) is 13.4. The third kappa shape index (κ3) is 6.83. The molecule has 0 saturated heterocycles. The number of aromatic nitrogens is 2. The summed E-state index contributed by atoms with van der Waals surface area (Å²) in [5.74, 6) is 0.0352. The molecule has 2 atom stereocenters. The van der Waals surface area contributed by atoms with Crippen LogP contribution in [0.5, 0.6) is 0 Å². The smallest absolute Gasteiger partial charge is 0.319 e. The molecule has 3 N–H and O–H groups in total. The summed E-state index contributed by atoms with van der Waals surface area (Å²) in [6.45, 7) is 12.3. The van der Waals surface area contributed by atoms with Gasteiger partial charge < -0.3 is 10.6 Å². The first-order valence-electron chi connectivity index (χ1n) is 12.2. The van der Waals surface area contributed by atoms with E-state index in [1.165, 1.54) is 11.3 Å². The van der Waals surface area contributed by atoms with Gasteiger partial charge in [0.2, 0.25) is 11.0 Å². The van der Waals surface area contributed by atoms with Gasteiger partial charge in [-0.05, 0) is 41.0 Å². The Morgan fingerprint density at radius 1 is 0.944 bits per heavy atom. The Bertz CT molecular complexity index is 1180. The van der Waals surface area contributed by atoms with Crippen LogP contribution in [0.15, 0.2) is 42.5 Å². The van der Waals surface area contributed by atoms with Gasteiger partial charge in [-0.25, -0.2) is 4.79 Å². The molecule has 2 unspecified atom stereocenters. The zero-order chi connectivity index (χ0) is 26.4. The number of halogens is 1. The lowest BCUT2D eigenvalue weighted by molar-refractivity contribution is -0.119. The summed E-state index contributed by atoms with van der Waals surface area (Å²) in [4.78, 5) is 26.3. The molecule has 7 nitrogen and oxygen atoms in total. The highest BCUT2D eigenvalue weighted by molar-refractivity contribution is 7.18. The van der Waals surface area contributed by atoms with E-state index >= 15 is 0 Å². The number of anilines is 2. The SMILES string of the molecule is CCC(C)C(NC(=O)Nc1c(C(C)C)cccc1C(C)C)C(=O)Nc1nnc(-c2cccc(Cl)c2)s1. The van der Waals surface area contributed by atoms with E-state index < -0.39 is 12.1 Å².